The normalized spacial score (nSPS) is 16.0. The summed E-state index contributed by atoms with van der Waals surface area (Å²) in [6, 6.07) is 15.5. The zero-order valence-electron chi connectivity index (χ0n) is 25.7. The number of nitrogens with one attached hydrogen (secondary N) is 1. The Kier molecular flexibility index (Phi) is 9.58. The molecule has 2 atom stereocenters. The number of aromatic nitrogens is 3. The molecule has 44 heavy (non-hydrogen) atoms. The summed E-state index contributed by atoms with van der Waals surface area (Å²) in [7, 11) is 0. The predicted molar refractivity (Wildman–Crippen MR) is 169 cm³/mol. The van der Waals surface area contributed by atoms with Crippen LogP contribution in [0.5, 0.6) is 11.6 Å². The van der Waals surface area contributed by atoms with Gasteiger partial charge in [-0.05, 0) is 88.1 Å². The molecule has 5 rings (SSSR count). The Morgan fingerprint density at radius 3 is 2.75 bits per heavy atom. The van der Waals surface area contributed by atoms with Crippen molar-refractivity contribution in [2.24, 2.45) is 0 Å². The lowest BCUT2D eigenvalue weighted by Crippen LogP contribution is -2.47. The second-order valence-electron chi connectivity index (χ2n) is 12.2. The second kappa shape index (κ2) is 13.5. The molecule has 0 saturated carbocycles. The van der Waals surface area contributed by atoms with Crippen LogP contribution in [0.2, 0.25) is 0 Å². The average molecular weight is 602 g/mol. The molecule has 4 aromatic rings. The molecule has 9 nitrogen and oxygen atoms in total. The fourth-order valence-corrected chi connectivity index (χ4v) is 5.37. The Labute approximate surface area is 257 Å². The minimum atomic E-state index is -0.975. The summed E-state index contributed by atoms with van der Waals surface area (Å²) < 4.78 is 25.0. The van der Waals surface area contributed by atoms with Crippen LogP contribution in [0.4, 0.5) is 15.1 Å². The summed E-state index contributed by atoms with van der Waals surface area (Å²) in [4.78, 5) is 28.1. The van der Waals surface area contributed by atoms with Gasteiger partial charge in [0.05, 0.1) is 17.4 Å². The van der Waals surface area contributed by atoms with Gasteiger partial charge < -0.3 is 24.8 Å². The molecule has 1 amide bonds. The third-order valence-corrected chi connectivity index (χ3v) is 7.53. The highest BCUT2D eigenvalue weighted by Gasteiger charge is 2.28. The molecule has 2 N–H and O–H groups in total. The first-order chi connectivity index (χ1) is 21.1. The van der Waals surface area contributed by atoms with Crippen molar-refractivity contribution in [3.63, 3.8) is 0 Å². The van der Waals surface area contributed by atoms with Crippen LogP contribution in [-0.2, 0) is 11.2 Å². The summed E-state index contributed by atoms with van der Waals surface area (Å²) in [5.41, 5.74) is 2.75. The molecule has 1 fully saturated rings. The van der Waals surface area contributed by atoms with Crippen LogP contribution >= 0.6 is 0 Å². The molecule has 0 radical (unpaired) electrons. The summed E-state index contributed by atoms with van der Waals surface area (Å²) >= 11 is 0. The van der Waals surface area contributed by atoms with Crippen molar-refractivity contribution in [2.75, 3.05) is 25.1 Å². The molecular weight excluding hydrogens is 561 g/mol. The number of carbonyl (C=O) groups excluding carboxylic acids is 1. The Hall–Kier alpha value is -4.31. The first-order valence-electron chi connectivity index (χ1n) is 15.1. The van der Waals surface area contributed by atoms with E-state index in [1.165, 1.54) is 0 Å². The molecule has 2 aromatic carbocycles. The lowest BCUT2D eigenvalue weighted by atomic mass is 9.97. The highest BCUT2D eigenvalue weighted by atomic mass is 19.1. The Balaban J connectivity index is 1.37. The molecule has 1 aliphatic heterocycles. The van der Waals surface area contributed by atoms with Crippen molar-refractivity contribution >= 4 is 22.8 Å². The second-order valence-corrected chi connectivity index (χ2v) is 12.2. The van der Waals surface area contributed by atoms with Gasteiger partial charge in [-0.3, -0.25) is 0 Å². The maximum absolute atomic E-state index is 12.9. The van der Waals surface area contributed by atoms with Gasteiger partial charge in [0.2, 0.25) is 11.8 Å². The molecule has 0 aliphatic carbocycles. The fourth-order valence-electron chi connectivity index (χ4n) is 5.37. The number of hydrogen-bond donors (Lipinski definition) is 2. The highest BCUT2D eigenvalue weighted by molar-refractivity contribution is 5.92. The number of aliphatic hydroxyl groups excluding tert-OH is 1. The Morgan fingerprint density at radius 1 is 1.11 bits per heavy atom. The molecule has 1 aliphatic rings. The number of amides is 1. The monoisotopic (exact) mass is 601 g/mol. The number of alkyl halides is 1. The summed E-state index contributed by atoms with van der Waals surface area (Å²) in [6.45, 7) is 7.96. The van der Waals surface area contributed by atoms with Gasteiger partial charge in [0.25, 0.3) is 0 Å². The summed E-state index contributed by atoms with van der Waals surface area (Å²) in [5, 5.41) is 15.1. The first-order valence-corrected chi connectivity index (χ1v) is 15.1. The number of carbonyl (C=O) groups is 1. The van der Waals surface area contributed by atoms with Gasteiger partial charge in [-0.1, -0.05) is 30.3 Å². The quantitative estimate of drug-likeness (QED) is 0.214. The van der Waals surface area contributed by atoms with E-state index in [0.29, 0.717) is 54.8 Å². The molecule has 0 unspecified atom stereocenters. The van der Waals surface area contributed by atoms with E-state index in [4.69, 9.17) is 14.5 Å². The van der Waals surface area contributed by atoms with Gasteiger partial charge in [0.15, 0.2) is 0 Å². The largest absolute Gasteiger partial charge is 0.444 e. The van der Waals surface area contributed by atoms with Crippen molar-refractivity contribution in [1.29, 1.82) is 0 Å². The summed E-state index contributed by atoms with van der Waals surface area (Å²) in [5.74, 6) is 1.53. The zero-order chi connectivity index (χ0) is 31.3. The molecule has 232 valence electrons. The number of piperidine rings is 1. The van der Waals surface area contributed by atoms with Gasteiger partial charge >= 0.3 is 6.09 Å². The van der Waals surface area contributed by atoms with Crippen LogP contribution in [0.25, 0.3) is 22.0 Å². The molecular formula is C34H40FN5O4. The number of halogens is 1. The third kappa shape index (κ3) is 7.60. The maximum Gasteiger partial charge on any atom is 0.410 e. The molecule has 0 bridgehead atoms. The minimum absolute atomic E-state index is 0.0188. The Morgan fingerprint density at radius 2 is 1.95 bits per heavy atom. The molecule has 0 spiro atoms. The average Bonchev–Trinajstić information content (AvgIpc) is 3.01. The number of ether oxygens (including phenoxy) is 2. The number of anilines is 1. The first kappa shape index (κ1) is 31.1. The third-order valence-electron chi connectivity index (χ3n) is 7.53. The standard InChI is InChI=1S/C34H40FN5O4/c1-22-12-15-26-23(13-14-25(41)20-35)8-5-10-27(26)30(22)43-31-28(11-6-17-36-31)29-16-18-37-32(39-29)38-24-9-7-19-40(21-24)33(42)44-34(2,3)4/h5-6,8,10-12,15-18,24-25,41H,7,9,13-14,19-21H2,1-4H3,(H,37,38,39)/t24-,25-/m0/s1. The van der Waals surface area contributed by atoms with Crippen molar-refractivity contribution in [3.8, 4) is 22.9 Å². The number of pyridine rings is 1. The topological polar surface area (TPSA) is 110 Å². The molecule has 1 saturated heterocycles. The van der Waals surface area contributed by atoms with E-state index < -0.39 is 18.4 Å². The van der Waals surface area contributed by atoms with E-state index in [-0.39, 0.29) is 12.1 Å². The van der Waals surface area contributed by atoms with Crippen LogP contribution in [0.3, 0.4) is 0 Å². The minimum Gasteiger partial charge on any atom is -0.444 e. The van der Waals surface area contributed by atoms with Crippen molar-refractivity contribution in [1.82, 2.24) is 19.9 Å². The number of fused-ring (bicyclic) bond motifs is 1. The number of likely N-dealkylation sites (tertiary alicyclic amines) is 1. The SMILES string of the molecule is Cc1ccc2c(CC[C@H](O)CF)cccc2c1Oc1ncccc1-c1ccnc(N[C@H]2CCCN(C(=O)OC(C)(C)C)C2)n1. The van der Waals surface area contributed by atoms with Crippen molar-refractivity contribution in [3.05, 3.63) is 72.1 Å². The van der Waals surface area contributed by atoms with E-state index in [9.17, 15) is 14.3 Å². The number of aliphatic hydroxyl groups is 1. The van der Waals surface area contributed by atoms with Crippen LogP contribution in [0.15, 0.2) is 60.9 Å². The van der Waals surface area contributed by atoms with Crippen LogP contribution < -0.4 is 10.1 Å². The number of benzene rings is 2. The Bertz CT molecular complexity index is 1610. The number of nitrogens with zero attached hydrogens (tertiary/aromatic N) is 4. The molecule has 10 heteroatoms. The van der Waals surface area contributed by atoms with Crippen LogP contribution in [0.1, 0.15) is 51.2 Å². The zero-order valence-corrected chi connectivity index (χ0v) is 25.7. The predicted octanol–water partition coefficient (Wildman–Crippen LogP) is 6.87. The van der Waals surface area contributed by atoms with Crippen molar-refractivity contribution in [2.45, 2.75) is 71.1 Å². The maximum atomic E-state index is 12.9. The highest BCUT2D eigenvalue weighted by Crippen LogP contribution is 2.37. The van der Waals surface area contributed by atoms with E-state index in [1.807, 2.05) is 76.2 Å². The molecule has 2 aromatic heterocycles. The number of rotatable bonds is 9. The van der Waals surface area contributed by atoms with E-state index in [0.717, 1.165) is 34.7 Å². The van der Waals surface area contributed by atoms with Gasteiger partial charge in [0, 0.05) is 36.9 Å². The fraction of sp³-hybridized carbons (Fsp3) is 0.412. The van der Waals surface area contributed by atoms with Crippen LogP contribution in [0, 0.1) is 6.92 Å². The number of aryl methyl sites for hydroxylation is 2. The molecule has 3 heterocycles. The smallest absolute Gasteiger partial charge is 0.410 e. The lowest BCUT2D eigenvalue weighted by molar-refractivity contribution is 0.0206. The van der Waals surface area contributed by atoms with Crippen LogP contribution in [-0.4, -0.2) is 68.6 Å². The summed E-state index contributed by atoms with van der Waals surface area (Å²) in [6.07, 6.45) is 4.69. The van der Waals surface area contributed by atoms with E-state index >= 15 is 0 Å². The van der Waals surface area contributed by atoms with E-state index in [2.05, 4.69) is 15.3 Å². The van der Waals surface area contributed by atoms with Gasteiger partial charge in [-0.2, -0.15) is 0 Å². The van der Waals surface area contributed by atoms with Crippen molar-refractivity contribution < 1.29 is 23.8 Å². The lowest BCUT2D eigenvalue weighted by Gasteiger charge is -2.34. The van der Waals surface area contributed by atoms with Gasteiger partial charge in [0.1, 0.15) is 18.0 Å². The van der Waals surface area contributed by atoms with E-state index in [1.54, 1.807) is 17.3 Å². The number of hydrogen-bond acceptors (Lipinski definition) is 8. The van der Waals surface area contributed by atoms with Gasteiger partial charge in [-0.15, -0.1) is 0 Å². The van der Waals surface area contributed by atoms with Gasteiger partial charge in [-0.25, -0.2) is 24.1 Å².